The number of aryl methyl sites for hydroxylation is 1. The number of hydrogen-bond donors (Lipinski definition) is 0. The minimum absolute atomic E-state index is 0.530. The van der Waals surface area contributed by atoms with Crippen LogP contribution in [0.3, 0.4) is 0 Å². The fourth-order valence-electron chi connectivity index (χ4n) is 1.17. The van der Waals surface area contributed by atoms with Crippen LogP contribution in [0.2, 0.25) is 5.02 Å². The van der Waals surface area contributed by atoms with E-state index in [0.717, 1.165) is 22.8 Å². The van der Waals surface area contributed by atoms with E-state index >= 15 is 0 Å². The molecule has 0 aromatic heterocycles. The number of rotatable bonds is 3. The van der Waals surface area contributed by atoms with Crippen molar-refractivity contribution in [1.29, 1.82) is 5.26 Å². The summed E-state index contributed by atoms with van der Waals surface area (Å²) in [5.41, 5.74) is 2.12. The molecule has 1 rings (SSSR count). The maximum Gasteiger partial charge on any atom is 0.0640 e. The van der Waals surface area contributed by atoms with Crippen LogP contribution in [0, 0.1) is 18.3 Å². The molecule has 74 valence electrons. The Bertz CT molecular complexity index is 355. The minimum atomic E-state index is 0.530. The second-order valence-corrected chi connectivity index (χ2v) is 3.67. The molecule has 0 N–H and O–H groups in total. The first-order valence-corrected chi connectivity index (χ1v) is 4.87. The van der Waals surface area contributed by atoms with E-state index in [2.05, 4.69) is 6.07 Å². The topological polar surface area (TPSA) is 27.0 Å². The van der Waals surface area contributed by atoms with Gasteiger partial charge in [-0.25, -0.2) is 0 Å². The van der Waals surface area contributed by atoms with Gasteiger partial charge in [0.15, 0.2) is 0 Å². The van der Waals surface area contributed by atoms with Crippen LogP contribution in [-0.4, -0.2) is 13.6 Å². The van der Waals surface area contributed by atoms with Crippen molar-refractivity contribution in [3.05, 3.63) is 28.8 Å². The predicted octanol–water partition coefficient (Wildman–Crippen LogP) is 3.00. The van der Waals surface area contributed by atoms with Gasteiger partial charge >= 0.3 is 0 Å². The number of anilines is 1. The molecule has 2 nitrogen and oxygen atoms in total. The van der Waals surface area contributed by atoms with Crippen molar-refractivity contribution in [3.63, 3.8) is 0 Å². The monoisotopic (exact) mass is 208 g/mol. The molecule has 0 radical (unpaired) electrons. The number of benzene rings is 1. The van der Waals surface area contributed by atoms with Gasteiger partial charge in [-0.1, -0.05) is 17.7 Å². The van der Waals surface area contributed by atoms with Gasteiger partial charge in [0.25, 0.3) is 0 Å². The molecule has 0 heterocycles. The summed E-state index contributed by atoms with van der Waals surface area (Å²) >= 11 is 6.00. The lowest BCUT2D eigenvalue weighted by Gasteiger charge is -2.18. The fraction of sp³-hybridized carbons (Fsp3) is 0.364. The molecule has 0 amide bonds. The lowest BCUT2D eigenvalue weighted by Crippen LogP contribution is -2.17. The van der Waals surface area contributed by atoms with Gasteiger partial charge in [-0.05, 0) is 24.6 Å². The lowest BCUT2D eigenvalue weighted by molar-refractivity contribution is 0.905. The highest BCUT2D eigenvalue weighted by Gasteiger charge is 2.02. The van der Waals surface area contributed by atoms with Crippen LogP contribution in [0.25, 0.3) is 0 Å². The zero-order valence-corrected chi connectivity index (χ0v) is 9.17. The first kappa shape index (κ1) is 10.9. The zero-order valence-electron chi connectivity index (χ0n) is 8.42. The smallest absolute Gasteiger partial charge is 0.0640 e. The molecule has 0 unspecified atom stereocenters. The van der Waals surface area contributed by atoms with Crippen LogP contribution in [0.15, 0.2) is 18.2 Å². The third-order valence-corrected chi connectivity index (χ3v) is 2.56. The third kappa shape index (κ3) is 2.65. The Morgan fingerprint density at radius 1 is 1.50 bits per heavy atom. The van der Waals surface area contributed by atoms with Crippen LogP contribution in [0.1, 0.15) is 12.0 Å². The van der Waals surface area contributed by atoms with E-state index in [1.165, 1.54) is 0 Å². The first-order valence-electron chi connectivity index (χ1n) is 4.49. The second-order valence-electron chi connectivity index (χ2n) is 3.26. The maximum absolute atomic E-state index is 8.46. The summed E-state index contributed by atoms with van der Waals surface area (Å²) in [7, 11) is 1.96. The first-order chi connectivity index (χ1) is 6.65. The molecule has 0 aliphatic carbocycles. The molecule has 0 fully saturated rings. The quantitative estimate of drug-likeness (QED) is 0.764. The van der Waals surface area contributed by atoms with Gasteiger partial charge in [0, 0.05) is 24.3 Å². The van der Waals surface area contributed by atoms with Gasteiger partial charge in [0.1, 0.15) is 0 Å². The Kier molecular flexibility index (Phi) is 3.79. The van der Waals surface area contributed by atoms with E-state index in [9.17, 15) is 0 Å². The molecule has 14 heavy (non-hydrogen) atoms. The van der Waals surface area contributed by atoms with Crippen LogP contribution >= 0.6 is 11.6 Å². The van der Waals surface area contributed by atoms with E-state index in [0.29, 0.717) is 6.42 Å². The second kappa shape index (κ2) is 4.88. The number of halogens is 1. The summed E-state index contributed by atoms with van der Waals surface area (Å²) in [5, 5.41) is 9.23. The fourth-order valence-corrected chi connectivity index (χ4v) is 1.34. The van der Waals surface area contributed by atoms with Crippen molar-refractivity contribution in [3.8, 4) is 6.07 Å². The average molecular weight is 209 g/mol. The summed E-state index contributed by atoms with van der Waals surface area (Å²) in [6, 6.07) is 8.04. The molecule has 0 saturated heterocycles. The van der Waals surface area contributed by atoms with Gasteiger partial charge in [0.05, 0.1) is 12.5 Å². The number of hydrogen-bond acceptors (Lipinski definition) is 2. The molecule has 0 bridgehead atoms. The Morgan fingerprint density at radius 2 is 2.21 bits per heavy atom. The average Bonchev–Trinajstić information content (AvgIpc) is 2.18. The molecular weight excluding hydrogens is 196 g/mol. The highest BCUT2D eigenvalue weighted by molar-refractivity contribution is 6.31. The number of nitriles is 1. The van der Waals surface area contributed by atoms with Gasteiger partial charge in [0.2, 0.25) is 0 Å². The molecule has 0 saturated carbocycles. The van der Waals surface area contributed by atoms with E-state index in [1.54, 1.807) is 0 Å². The molecular formula is C11H13ClN2. The summed E-state index contributed by atoms with van der Waals surface area (Å²) in [6.45, 7) is 2.71. The molecule has 0 atom stereocenters. The maximum atomic E-state index is 8.46. The molecule has 1 aromatic rings. The van der Waals surface area contributed by atoms with E-state index in [4.69, 9.17) is 16.9 Å². The Balaban J connectivity index is 2.76. The van der Waals surface area contributed by atoms with Crippen molar-refractivity contribution in [2.45, 2.75) is 13.3 Å². The summed E-state index contributed by atoms with van der Waals surface area (Å²) < 4.78 is 0. The Hall–Kier alpha value is -1.20. The van der Waals surface area contributed by atoms with Crippen LogP contribution in [-0.2, 0) is 0 Å². The van der Waals surface area contributed by atoms with Crippen molar-refractivity contribution in [2.75, 3.05) is 18.5 Å². The van der Waals surface area contributed by atoms with Gasteiger partial charge in [-0.3, -0.25) is 0 Å². The zero-order chi connectivity index (χ0) is 10.6. The molecule has 0 aliphatic rings. The molecule has 3 heteroatoms. The van der Waals surface area contributed by atoms with Crippen molar-refractivity contribution >= 4 is 17.3 Å². The van der Waals surface area contributed by atoms with Gasteiger partial charge in [-0.15, -0.1) is 0 Å². The van der Waals surface area contributed by atoms with E-state index in [1.807, 2.05) is 37.1 Å². The van der Waals surface area contributed by atoms with E-state index in [-0.39, 0.29) is 0 Å². The minimum Gasteiger partial charge on any atom is -0.374 e. The molecule has 0 spiro atoms. The van der Waals surface area contributed by atoms with Crippen molar-refractivity contribution < 1.29 is 0 Å². The lowest BCUT2D eigenvalue weighted by atomic mass is 10.2. The largest absolute Gasteiger partial charge is 0.374 e. The standard InChI is InChI=1S/C11H13ClN2/c1-9-4-5-10(8-11(9)12)14(2)7-3-6-13/h4-5,8H,3,7H2,1-2H3. The summed E-state index contributed by atoms with van der Waals surface area (Å²) in [5.74, 6) is 0. The van der Waals surface area contributed by atoms with Crippen LogP contribution in [0.5, 0.6) is 0 Å². The van der Waals surface area contributed by atoms with Gasteiger partial charge in [-0.2, -0.15) is 5.26 Å². The third-order valence-electron chi connectivity index (χ3n) is 2.16. The molecule has 1 aromatic carbocycles. The number of nitrogens with zero attached hydrogens (tertiary/aromatic N) is 2. The highest BCUT2D eigenvalue weighted by Crippen LogP contribution is 2.22. The highest BCUT2D eigenvalue weighted by atomic mass is 35.5. The van der Waals surface area contributed by atoms with Crippen molar-refractivity contribution in [1.82, 2.24) is 0 Å². The van der Waals surface area contributed by atoms with Gasteiger partial charge < -0.3 is 4.90 Å². The SMILES string of the molecule is Cc1ccc(N(C)CCC#N)cc1Cl. The Morgan fingerprint density at radius 3 is 2.79 bits per heavy atom. The van der Waals surface area contributed by atoms with Crippen LogP contribution in [0.4, 0.5) is 5.69 Å². The Labute approximate surface area is 89.7 Å². The molecule has 0 aliphatic heterocycles. The normalized spacial score (nSPS) is 9.57. The van der Waals surface area contributed by atoms with E-state index < -0.39 is 0 Å². The van der Waals surface area contributed by atoms with Crippen molar-refractivity contribution in [2.24, 2.45) is 0 Å². The summed E-state index contributed by atoms with van der Waals surface area (Å²) in [6.07, 6.45) is 0.530. The van der Waals surface area contributed by atoms with Crippen LogP contribution < -0.4 is 4.90 Å². The summed E-state index contributed by atoms with van der Waals surface area (Å²) in [4.78, 5) is 2.02. The predicted molar refractivity (Wildman–Crippen MR) is 59.7 cm³/mol.